The van der Waals surface area contributed by atoms with E-state index in [2.05, 4.69) is 15.3 Å². The molecule has 1 aliphatic carbocycles. The van der Waals surface area contributed by atoms with Crippen LogP contribution in [0, 0.1) is 5.82 Å². The highest BCUT2D eigenvalue weighted by molar-refractivity contribution is 6.29. The molecule has 21 heavy (non-hydrogen) atoms. The third-order valence-corrected chi connectivity index (χ3v) is 3.35. The van der Waals surface area contributed by atoms with Gasteiger partial charge in [-0.2, -0.15) is 0 Å². The molecule has 4 nitrogen and oxygen atoms in total. The number of nitrogens with zero attached hydrogens (tertiary/aromatic N) is 2. The van der Waals surface area contributed by atoms with Crippen molar-refractivity contribution in [2.24, 2.45) is 0 Å². The van der Waals surface area contributed by atoms with E-state index in [1.54, 1.807) is 18.2 Å². The lowest BCUT2D eigenvalue weighted by atomic mass is 10.3. The van der Waals surface area contributed by atoms with E-state index in [4.69, 9.17) is 16.3 Å². The van der Waals surface area contributed by atoms with Crippen LogP contribution in [0.5, 0.6) is 5.75 Å². The first-order valence-corrected chi connectivity index (χ1v) is 7.27. The summed E-state index contributed by atoms with van der Waals surface area (Å²) in [6, 6.07) is 6.33. The van der Waals surface area contributed by atoms with E-state index in [-0.39, 0.29) is 5.75 Å². The minimum Gasteiger partial charge on any atom is -0.491 e. The molecule has 6 heteroatoms. The van der Waals surface area contributed by atoms with E-state index in [1.165, 1.54) is 6.07 Å². The predicted octanol–water partition coefficient (Wildman–Crippen LogP) is 4.29. The standard InChI is InChI=1S/C15H15ClFN3O/c1-2-21-12-6-5-10(7-11(12)17)18-14-8-13(16)19-15(20-14)9-3-4-9/h5-9H,2-4H2,1H3,(H,18,19,20). The first kappa shape index (κ1) is 14.1. The average molecular weight is 308 g/mol. The molecular formula is C15H15ClFN3O. The van der Waals surface area contributed by atoms with Gasteiger partial charge in [-0.1, -0.05) is 11.6 Å². The maximum atomic E-state index is 13.8. The number of hydrogen-bond acceptors (Lipinski definition) is 4. The molecule has 1 aliphatic rings. The Bertz CT molecular complexity index is 661. The number of aromatic nitrogens is 2. The molecule has 1 N–H and O–H groups in total. The van der Waals surface area contributed by atoms with Gasteiger partial charge in [0.25, 0.3) is 0 Å². The maximum Gasteiger partial charge on any atom is 0.167 e. The van der Waals surface area contributed by atoms with E-state index in [1.807, 2.05) is 6.92 Å². The van der Waals surface area contributed by atoms with Crippen LogP contribution in [0.1, 0.15) is 31.5 Å². The van der Waals surface area contributed by atoms with Gasteiger partial charge in [0, 0.05) is 23.7 Å². The van der Waals surface area contributed by atoms with Crippen LogP contribution < -0.4 is 10.1 Å². The summed E-state index contributed by atoms with van der Waals surface area (Å²) in [7, 11) is 0. The number of halogens is 2. The summed E-state index contributed by atoms with van der Waals surface area (Å²) in [5.74, 6) is 1.55. The Labute approximate surface area is 127 Å². The third-order valence-electron chi connectivity index (χ3n) is 3.16. The topological polar surface area (TPSA) is 47.0 Å². The van der Waals surface area contributed by atoms with Gasteiger partial charge in [0.1, 0.15) is 16.8 Å². The van der Waals surface area contributed by atoms with Crippen LogP contribution in [-0.4, -0.2) is 16.6 Å². The highest BCUT2D eigenvalue weighted by atomic mass is 35.5. The van der Waals surface area contributed by atoms with Crippen molar-refractivity contribution in [3.05, 3.63) is 41.1 Å². The molecule has 0 unspecified atom stereocenters. The number of rotatable bonds is 5. The van der Waals surface area contributed by atoms with E-state index in [9.17, 15) is 4.39 Å². The summed E-state index contributed by atoms with van der Waals surface area (Å²) in [4.78, 5) is 8.63. The van der Waals surface area contributed by atoms with Gasteiger partial charge in [0.2, 0.25) is 0 Å². The largest absolute Gasteiger partial charge is 0.491 e. The van der Waals surface area contributed by atoms with Gasteiger partial charge < -0.3 is 10.1 Å². The fourth-order valence-electron chi connectivity index (χ4n) is 2.02. The van der Waals surface area contributed by atoms with E-state index >= 15 is 0 Å². The van der Waals surface area contributed by atoms with E-state index in [0.717, 1.165) is 18.7 Å². The fraction of sp³-hybridized carbons (Fsp3) is 0.333. The van der Waals surface area contributed by atoms with Crippen LogP contribution in [-0.2, 0) is 0 Å². The van der Waals surface area contributed by atoms with Crippen molar-refractivity contribution in [2.75, 3.05) is 11.9 Å². The Morgan fingerprint density at radius 1 is 1.33 bits per heavy atom. The minimum absolute atomic E-state index is 0.238. The molecular weight excluding hydrogens is 293 g/mol. The highest BCUT2D eigenvalue weighted by Gasteiger charge is 2.27. The second kappa shape index (κ2) is 5.85. The number of nitrogens with one attached hydrogen (secondary N) is 1. The zero-order valence-electron chi connectivity index (χ0n) is 11.6. The summed E-state index contributed by atoms with van der Waals surface area (Å²) < 4.78 is 19.0. The molecule has 1 fully saturated rings. The van der Waals surface area contributed by atoms with Crippen molar-refractivity contribution in [3.8, 4) is 5.75 Å². The van der Waals surface area contributed by atoms with Gasteiger partial charge in [-0.3, -0.25) is 0 Å². The van der Waals surface area contributed by atoms with Crippen LogP contribution >= 0.6 is 11.6 Å². The highest BCUT2D eigenvalue weighted by Crippen LogP contribution is 2.39. The fourth-order valence-corrected chi connectivity index (χ4v) is 2.21. The zero-order valence-corrected chi connectivity index (χ0v) is 12.3. The lowest BCUT2D eigenvalue weighted by molar-refractivity contribution is 0.321. The number of benzene rings is 1. The van der Waals surface area contributed by atoms with Crippen LogP contribution in [0.25, 0.3) is 0 Å². The molecule has 2 aromatic rings. The van der Waals surface area contributed by atoms with Crippen molar-refractivity contribution in [1.29, 1.82) is 0 Å². The van der Waals surface area contributed by atoms with E-state index < -0.39 is 5.82 Å². The second-order valence-corrected chi connectivity index (χ2v) is 5.30. The Morgan fingerprint density at radius 3 is 2.81 bits per heavy atom. The van der Waals surface area contributed by atoms with Gasteiger partial charge in [-0.15, -0.1) is 0 Å². The molecule has 1 heterocycles. The molecule has 0 amide bonds. The maximum absolute atomic E-state index is 13.8. The smallest absolute Gasteiger partial charge is 0.167 e. The molecule has 1 aromatic carbocycles. The Morgan fingerprint density at radius 2 is 2.14 bits per heavy atom. The molecule has 0 bridgehead atoms. The van der Waals surface area contributed by atoms with Gasteiger partial charge >= 0.3 is 0 Å². The monoisotopic (exact) mass is 307 g/mol. The molecule has 0 aliphatic heterocycles. The van der Waals surface area contributed by atoms with Gasteiger partial charge in [-0.05, 0) is 31.9 Å². The Balaban J connectivity index is 1.81. The van der Waals surface area contributed by atoms with Crippen molar-refractivity contribution in [2.45, 2.75) is 25.7 Å². The molecule has 0 radical (unpaired) electrons. The molecule has 1 aromatic heterocycles. The molecule has 0 atom stereocenters. The number of anilines is 2. The normalized spacial score (nSPS) is 14.0. The van der Waals surface area contributed by atoms with E-state index in [0.29, 0.717) is 29.2 Å². The predicted molar refractivity (Wildman–Crippen MR) is 79.9 cm³/mol. The second-order valence-electron chi connectivity index (χ2n) is 4.91. The number of ether oxygens (including phenoxy) is 1. The van der Waals surface area contributed by atoms with Crippen molar-refractivity contribution in [3.63, 3.8) is 0 Å². The quantitative estimate of drug-likeness (QED) is 0.837. The van der Waals surface area contributed by atoms with Crippen molar-refractivity contribution >= 4 is 23.1 Å². The zero-order chi connectivity index (χ0) is 14.8. The van der Waals surface area contributed by atoms with Gasteiger partial charge in [0.05, 0.1) is 6.61 Å². The Kier molecular flexibility index (Phi) is 3.92. The minimum atomic E-state index is -0.413. The van der Waals surface area contributed by atoms with Crippen molar-refractivity contribution in [1.82, 2.24) is 9.97 Å². The molecule has 1 saturated carbocycles. The van der Waals surface area contributed by atoms with Crippen LogP contribution in [0.2, 0.25) is 5.15 Å². The van der Waals surface area contributed by atoms with Crippen LogP contribution in [0.15, 0.2) is 24.3 Å². The van der Waals surface area contributed by atoms with Crippen LogP contribution in [0.4, 0.5) is 15.9 Å². The first-order chi connectivity index (χ1) is 10.2. The summed E-state index contributed by atoms with van der Waals surface area (Å²) in [5, 5.41) is 3.44. The lowest BCUT2D eigenvalue weighted by Crippen LogP contribution is -2.00. The third kappa shape index (κ3) is 3.42. The summed E-state index contributed by atoms with van der Waals surface area (Å²) in [5.41, 5.74) is 0.590. The summed E-state index contributed by atoms with van der Waals surface area (Å²) in [6.45, 7) is 2.24. The Hall–Kier alpha value is -1.88. The lowest BCUT2D eigenvalue weighted by Gasteiger charge is -2.10. The van der Waals surface area contributed by atoms with Crippen LogP contribution in [0.3, 0.4) is 0 Å². The molecule has 0 spiro atoms. The number of hydrogen-bond donors (Lipinski definition) is 1. The molecule has 0 saturated heterocycles. The SMILES string of the molecule is CCOc1ccc(Nc2cc(Cl)nc(C3CC3)n2)cc1F. The molecule has 3 rings (SSSR count). The summed E-state index contributed by atoms with van der Waals surface area (Å²) >= 11 is 6.00. The average Bonchev–Trinajstić information content (AvgIpc) is 3.26. The molecule has 110 valence electrons. The first-order valence-electron chi connectivity index (χ1n) is 6.89. The van der Waals surface area contributed by atoms with Crippen molar-refractivity contribution < 1.29 is 9.13 Å². The summed E-state index contributed by atoms with van der Waals surface area (Å²) in [6.07, 6.45) is 2.19. The van der Waals surface area contributed by atoms with Gasteiger partial charge in [-0.25, -0.2) is 14.4 Å². The van der Waals surface area contributed by atoms with Gasteiger partial charge in [0.15, 0.2) is 11.6 Å².